The molecule has 0 aliphatic heterocycles. The Balaban J connectivity index is 1.51. The van der Waals surface area contributed by atoms with E-state index < -0.39 is 11.9 Å². The number of aromatic carboxylic acids is 1. The first-order chi connectivity index (χ1) is 15.9. The molecule has 0 unspecified atom stereocenters. The highest BCUT2D eigenvalue weighted by molar-refractivity contribution is 6.02. The average Bonchev–Trinajstić information content (AvgIpc) is 3.30. The minimum atomic E-state index is -1.17. The van der Waals surface area contributed by atoms with Crippen molar-refractivity contribution >= 4 is 17.7 Å². The van der Waals surface area contributed by atoms with Gasteiger partial charge < -0.3 is 19.7 Å². The van der Waals surface area contributed by atoms with Gasteiger partial charge in [0.15, 0.2) is 11.5 Å². The number of carbonyl (C=O) groups is 2. The summed E-state index contributed by atoms with van der Waals surface area (Å²) in [5.41, 5.74) is 0.492. The van der Waals surface area contributed by atoms with Crippen LogP contribution in [0.2, 0.25) is 0 Å². The van der Waals surface area contributed by atoms with Crippen LogP contribution in [0.4, 0.5) is 5.82 Å². The van der Waals surface area contributed by atoms with Crippen LogP contribution in [0.5, 0.6) is 11.6 Å². The molecule has 0 saturated carbocycles. The molecule has 0 aliphatic rings. The zero-order valence-electron chi connectivity index (χ0n) is 17.7. The Morgan fingerprint density at radius 3 is 2.67 bits per heavy atom. The number of hydrogen-bond acceptors (Lipinski definition) is 8. The third-order valence-electron chi connectivity index (χ3n) is 4.48. The maximum atomic E-state index is 12.7. The molecule has 0 saturated heterocycles. The maximum Gasteiger partial charge on any atom is 0.354 e. The van der Waals surface area contributed by atoms with Crippen molar-refractivity contribution in [2.24, 2.45) is 0 Å². The lowest BCUT2D eigenvalue weighted by molar-refractivity contribution is 0.0689. The quantitative estimate of drug-likeness (QED) is 0.437. The van der Waals surface area contributed by atoms with Crippen LogP contribution < -0.4 is 10.1 Å². The van der Waals surface area contributed by atoms with Crippen LogP contribution >= 0.6 is 0 Å². The molecule has 2 N–H and O–H groups in total. The Bertz CT molecular complexity index is 1320. The van der Waals surface area contributed by atoms with Crippen LogP contribution in [0.25, 0.3) is 11.5 Å². The number of carbonyl (C=O) groups excluding carboxylic acids is 1. The number of nitrogens with one attached hydrogen (secondary N) is 1. The summed E-state index contributed by atoms with van der Waals surface area (Å²) in [6.07, 6.45) is 3.03. The molecular weight excluding hydrogens is 426 g/mol. The zero-order valence-corrected chi connectivity index (χ0v) is 17.7. The van der Waals surface area contributed by atoms with Crippen molar-refractivity contribution in [1.29, 1.82) is 0 Å². The molecule has 11 heteroatoms. The SMILES string of the molecule is CC(C)n1cnnc1-c1cccc(NC(=O)c2cc(Oc3cccc(C(=O)O)n3)ccn2)n1. The molecule has 166 valence electrons. The highest BCUT2D eigenvalue weighted by Gasteiger charge is 2.14. The lowest BCUT2D eigenvalue weighted by Gasteiger charge is -2.11. The van der Waals surface area contributed by atoms with Gasteiger partial charge in [0.2, 0.25) is 5.88 Å². The Labute approximate surface area is 188 Å². The summed E-state index contributed by atoms with van der Waals surface area (Å²) in [6.45, 7) is 4.01. The first kappa shape index (κ1) is 21.6. The second-order valence-corrected chi connectivity index (χ2v) is 7.16. The molecule has 33 heavy (non-hydrogen) atoms. The molecule has 4 aromatic rings. The number of amides is 1. The van der Waals surface area contributed by atoms with Crippen LogP contribution in [0.3, 0.4) is 0 Å². The predicted octanol–water partition coefficient (Wildman–Crippen LogP) is 3.45. The van der Waals surface area contributed by atoms with Crippen molar-refractivity contribution in [3.63, 3.8) is 0 Å². The van der Waals surface area contributed by atoms with Crippen molar-refractivity contribution < 1.29 is 19.4 Å². The Hall–Kier alpha value is -4.67. The summed E-state index contributed by atoms with van der Waals surface area (Å²) in [7, 11) is 0. The van der Waals surface area contributed by atoms with Crippen molar-refractivity contribution in [2.75, 3.05) is 5.32 Å². The fourth-order valence-electron chi connectivity index (χ4n) is 2.92. The standard InChI is InChI=1S/C22H19N7O4/c1-13(2)29-12-24-28-20(29)15-5-3-7-18(25-15)27-21(30)17-11-14(9-10-23-17)33-19-8-4-6-16(26-19)22(31)32/h3-13H,1-2H3,(H,31,32)(H,25,27,30). The number of nitrogens with zero attached hydrogens (tertiary/aromatic N) is 6. The van der Waals surface area contributed by atoms with Gasteiger partial charge in [0.05, 0.1) is 0 Å². The number of pyridine rings is 3. The summed E-state index contributed by atoms with van der Waals surface area (Å²) < 4.78 is 7.46. The van der Waals surface area contributed by atoms with E-state index >= 15 is 0 Å². The van der Waals surface area contributed by atoms with Crippen LogP contribution in [-0.4, -0.2) is 46.7 Å². The summed E-state index contributed by atoms with van der Waals surface area (Å²) in [5, 5.41) is 19.8. The summed E-state index contributed by atoms with van der Waals surface area (Å²) in [6, 6.07) is 12.7. The monoisotopic (exact) mass is 445 g/mol. The topological polar surface area (TPSA) is 145 Å². The minimum Gasteiger partial charge on any atom is -0.477 e. The molecule has 0 fully saturated rings. The van der Waals surface area contributed by atoms with E-state index in [4.69, 9.17) is 9.84 Å². The molecule has 0 spiro atoms. The highest BCUT2D eigenvalue weighted by atomic mass is 16.5. The van der Waals surface area contributed by atoms with Crippen LogP contribution in [-0.2, 0) is 0 Å². The Morgan fingerprint density at radius 1 is 1.06 bits per heavy atom. The fourth-order valence-corrected chi connectivity index (χ4v) is 2.92. The maximum absolute atomic E-state index is 12.7. The minimum absolute atomic E-state index is 0.0797. The first-order valence-electron chi connectivity index (χ1n) is 9.93. The van der Waals surface area contributed by atoms with E-state index in [1.807, 2.05) is 18.4 Å². The normalized spacial score (nSPS) is 10.8. The number of carboxylic acids is 1. The van der Waals surface area contributed by atoms with E-state index in [1.54, 1.807) is 24.5 Å². The molecule has 4 rings (SSSR count). The first-order valence-corrected chi connectivity index (χ1v) is 9.93. The van der Waals surface area contributed by atoms with Crippen LogP contribution in [0.1, 0.15) is 40.9 Å². The number of carboxylic acid groups (broad SMARTS) is 1. The highest BCUT2D eigenvalue weighted by Crippen LogP contribution is 2.22. The zero-order chi connectivity index (χ0) is 23.4. The molecular formula is C22H19N7O4. The van der Waals surface area contributed by atoms with E-state index in [-0.39, 0.29) is 29.1 Å². The predicted molar refractivity (Wildman–Crippen MR) is 117 cm³/mol. The lowest BCUT2D eigenvalue weighted by atomic mass is 10.3. The molecule has 11 nitrogen and oxygen atoms in total. The molecule has 4 aromatic heterocycles. The van der Waals surface area contributed by atoms with Crippen LogP contribution in [0, 0.1) is 0 Å². The summed E-state index contributed by atoms with van der Waals surface area (Å²) in [5.74, 6) is -0.405. The summed E-state index contributed by atoms with van der Waals surface area (Å²) >= 11 is 0. The van der Waals surface area contributed by atoms with Crippen molar-refractivity contribution in [3.8, 4) is 23.1 Å². The van der Waals surface area contributed by atoms with E-state index in [0.717, 1.165) is 0 Å². The number of rotatable bonds is 7. The Kier molecular flexibility index (Phi) is 6.02. The number of hydrogen-bond donors (Lipinski definition) is 2. The third-order valence-corrected chi connectivity index (χ3v) is 4.48. The smallest absolute Gasteiger partial charge is 0.354 e. The fraction of sp³-hybridized carbons (Fsp3) is 0.136. The molecule has 0 aliphatic carbocycles. The van der Waals surface area contributed by atoms with Gasteiger partial charge in [-0.15, -0.1) is 10.2 Å². The van der Waals surface area contributed by atoms with Gasteiger partial charge in [-0.25, -0.2) is 14.8 Å². The van der Waals surface area contributed by atoms with Crippen LogP contribution in [0.15, 0.2) is 61.1 Å². The number of anilines is 1. The molecule has 1 amide bonds. The van der Waals surface area contributed by atoms with E-state index in [2.05, 4.69) is 30.5 Å². The average molecular weight is 445 g/mol. The van der Waals surface area contributed by atoms with Crippen molar-refractivity contribution in [3.05, 3.63) is 72.4 Å². The van der Waals surface area contributed by atoms with Crippen molar-refractivity contribution in [2.45, 2.75) is 19.9 Å². The van der Waals surface area contributed by atoms with Crippen molar-refractivity contribution in [1.82, 2.24) is 29.7 Å². The molecule has 0 bridgehead atoms. The number of aromatic nitrogens is 6. The van der Waals surface area contributed by atoms with E-state index in [0.29, 0.717) is 17.3 Å². The molecule has 0 radical (unpaired) electrons. The lowest BCUT2D eigenvalue weighted by Crippen LogP contribution is -2.15. The van der Waals surface area contributed by atoms with Gasteiger partial charge in [0, 0.05) is 24.4 Å². The summed E-state index contributed by atoms with van der Waals surface area (Å²) in [4.78, 5) is 36.2. The van der Waals surface area contributed by atoms with Gasteiger partial charge in [0.25, 0.3) is 5.91 Å². The third kappa shape index (κ3) is 4.98. The van der Waals surface area contributed by atoms with Gasteiger partial charge in [-0.2, -0.15) is 0 Å². The van der Waals surface area contributed by atoms with E-state index in [1.165, 1.54) is 36.5 Å². The second-order valence-electron chi connectivity index (χ2n) is 7.16. The van der Waals surface area contributed by atoms with Gasteiger partial charge in [-0.1, -0.05) is 12.1 Å². The van der Waals surface area contributed by atoms with Gasteiger partial charge >= 0.3 is 5.97 Å². The molecule has 0 atom stereocenters. The molecule has 0 aromatic carbocycles. The molecule has 4 heterocycles. The van der Waals surface area contributed by atoms with Gasteiger partial charge in [0.1, 0.15) is 29.3 Å². The second kappa shape index (κ2) is 9.22. The number of ether oxygens (including phenoxy) is 1. The largest absolute Gasteiger partial charge is 0.477 e. The Morgan fingerprint density at radius 2 is 1.88 bits per heavy atom. The van der Waals surface area contributed by atoms with E-state index in [9.17, 15) is 9.59 Å². The van der Waals surface area contributed by atoms with Gasteiger partial charge in [-0.3, -0.25) is 9.78 Å². The van der Waals surface area contributed by atoms with Gasteiger partial charge in [-0.05, 0) is 38.1 Å².